The summed E-state index contributed by atoms with van der Waals surface area (Å²) in [5.74, 6) is -0.795. The van der Waals surface area contributed by atoms with E-state index in [1.165, 1.54) is 12.1 Å². The molecule has 0 aliphatic carbocycles. The van der Waals surface area contributed by atoms with Crippen molar-refractivity contribution in [3.8, 4) is 5.75 Å². The lowest BCUT2D eigenvalue weighted by Crippen LogP contribution is -2.22. The van der Waals surface area contributed by atoms with Crippen molar-refractivity contribution in [2.75, 3.05) is 6.61 Å². The lowest BCUT2D eigenvalue weighted by atomic mass is 10.3. The Balaban J connectivity index is 2.10. The fourth-order valence-corrected chi connectivity index (χ4v) is 1.28. The number of rotatable bonds is 2. The highest BCUT2D eigenvalue weighted by atomic mass is 19.1. The van der Waals surface area contributed by atoms with Crippen molar-refractivity contribution in [3.05, 3.63) is 30.1 Å². The molecular weight excluding hydrogens is 187 g/mol. The van der Waals surface area contributed by atoms with Crippen molar-refractivity contribution in [3.63, 3.8) is 0 Å². The molecule has 1 atom stereocenters. The molecular formula is C10H9FO3. The maximum atomic E-state index is 13.1. The highest BCUT2D eigenvalue weighted by Crippen LogP contribution is 2.20. The first kappa shape index (κ1) is 8.99. The second-order valence-corrected chi connectivity index (χ2v) is 2.99. The van der Waals surface area contributed by atoms with Gasteiger partial charge in [0.1, 0.15) is 0 Å². The minimum absolute atomic E-state index is 0.0938. The van der Waals surface area contributed by atoms with E-state index in [1.807, 2.05) is 0 Å². The molecule has 1 saturated heterocycles. The lowest BCUT2D eigenvalue weighted by molar-refractivity contribution is -0.143. The number of cyclic esters (lactones) is 1. The zero-order valence-corrected chi connectivity index (χ0v) is 7.40. The molecule has 0 spiro atoms. The van der Waals surface area contributed by atoms with Crippen LogP contribution >= 0.6 is 0 Å². The number of carbonyl (C=O) groups excluding carboxylic acids is 1. The first-order valence-electron chi connectivity index (χ1n) is 4.35. The van der Waals surface area contributed by atoms with Crippen molar-refractivity contribution in [1.29, 1.82) is 0 Å². The van der Waals surface area contributed by atoms with Crippen LogP contribution in [0.3, 0.4) is 0 Å². The van der Waals surface area contributed by atoms with Crippen LogP contribution in [0.15, 0.2) is 24.3 Å². The molecule has 1 aliphatic heterocycles. The normalized spacial score (nSPS) is 20.6. The molecule has 0 N–H and O–H groups in total. The predicted octanol–water partition coefficient (Wildman–Crippen LogP) is 1.52. The number of carbonyl (C=O) groups is 1. The van der Waals surface area contributed by atoms with Crippen LogP contribution in [0.25, 0.3) is 0 Å². The Morgan fingerprint density at radius 2 is 2.21 bits per heavy atom. The summed E-state index contributed by atoms with van der Waals surface area (Å²) < 4.78 is 23.0. The zero-order valence-electron chi connectivity index (χ0n) is 7.40. The summed E-state index contributed by atoms with van der Waals surface area (Å²) in [6.45, 7) is 0.345. The van der Waals surface area contributed by atoms with Crippen LogP contribution in [0.5, 0.6) is 5.75 Å². The second-order valence-electron chi connectivity index (χ2n) is 2.99. The molecule has 1 unspecified atom stereocenters. The van der Waals surface area contributed by atoms with Gasteiger partial charge in [0.15, 0.2) is 17.7 Å². The molecule has 0 amide bonds. The predicted molar refractivity (Wildman–Crippen MR) is 46.4 cm³/mol. The highest BCUT2D eigenvalue weighted by molar-refractivity contribution is 5.76. The van der Waals surface area contributed by atoms with Gasteiger partial charge in [-0.15, -0.1) is 0 Å². The van der Waals surface area contributed by atoms with Crippen molar-refractivity contribution in [2.24, 2.45) is 0 Å². The summed E-state index contributed by atoms with van der Waals surface area (Å²) in [5, 5.41) is 0. The standard InChI is InChI=1S/C10H9FO3/c11-7-3-1-2-4-8(7)14-9-5-6-13-10(9)12/h1-4,9H,5-6H2. The van der Waals surface area contributed by atoms with Gasteiger partial charge in [0.25, 0.3) is 0 Å². The first-order chi connectivity index (χ1) is 6.77. The number of para-hydroxylation sites is 1. The summed E-state index contributed by atoms with van der Waals surface area (Å²) >= 11 is 0. The topological polar surface area (TPSA) is 35.5 Å². The summed E-state index contributed by atoms with van der Waals surface area (Å²) in [6, 6.07) is 5.99. The van der Waals surface area contributed by atoms with E-state index >= 15 is 0 Å². The van der Waals surface area contributed by atoms with Gasteiger partial charge in [0.2, 0.25) is 0 Å². The maximum absolute atomic E-state index is 13.1. The summed E-state index contributed by atoms with van der Waals surface area (Å²) in [4.78, 5) is 11.0. The van der Waals surface area contributed by atoms with E-state index in [4.69, 9.17) is 9.47 Å². The summed E-state index contributed by atoms with van der Waals surface area (Å²) in [7, 11) is 0. The average Bonchev–Trinajstić information content (AvgIpc) is 2.56. The Morgan fingerprint density at radius 1 is 1.43 bits per heavy atom. The van der Waals surface area contributed by atoms with Crippen LogP contribution in [0, 0.1) is 5.82 Å². The molecule has 0 bridgehead atoms. The van der Waals surface area contributed by atoms with E-state index < -0.39 is 17.9 Å². The Bertz CT molecular complexity index is 351. The number of hydrogen-bond acceptors (Lipinski definition) is 3. The van der Waals surface area contributed by atoms with Gasteiger partial charge in [0, 0.05) is 6.42 Å². The Labute approximate surface area is 80.4 Å². The van der Waals surface area contributed by atoms with Gasteiger partial charge in [-0.25, -0.2) is 9.18 Å². The van der Waals surface area contributed by atoms with Crippen molar-refractivity contribution in [2.45, 2.75) is 12.5 Å². The van der Waals surface area contributed by atoms with E-state index in [1.54, 1.807) is 12.1 Å². The molecule has 1 aliphatic rings. The fourth-order valence-electron chi connectivity index (χ4n) is 1.28. The monoisotopic (exact) mass is 196 g/mol. The van der Waals surface area contributed by atoms with Crippen molar-refractivity contribution < 1.29 is 18.7 Å². The Hall–Kier alpha value is -1.58. The Morgan fingerprint density at radius 3 is 2.86 bits per heavy atom. The average molecular weight is 196 g/mol. The minimum atomic E-state index is -0.660. The van der Waals surface area contributed by atoms with Crippen LogP contribution < -0.4 is 4.74 Å². The largest absolute Gasteiger partial charge is 0.476 e. The Kier molecular flexibility index (Phi) is 2.35. The van der Waals surface area contributed by atoms with E-state index in [9.17, 15) is 9.18 Å². The third-order valence-corrected chi connectivity index (χ3v) is 1.99. The van der Waals surface area contributed by atoms with Gasteiger partial charge in [-0.3, -0.25) is 0 Å². The lowest BCUT2D eigenvalue weighted by Gasteiger charge is -2.09. The van der Waals surface area contributed by atoms with Crippen LogP contribution in [0.2, 0.25) is 0 Å². The summed E-state index contributed by atoms with van der Waals surface area (Å²) in [6.07, 6.45) is -0.181. The maximum Gasteiger partial charge on any atom is 0.347 e. The minimum Gasteiger partial charge on any atom is -0.476 e. The van der Waals surface area contributed by atoms with E-state index in [-0.39, 0.29) is 5.75 Å². The quantitative estimate of drug-likeness (QED) is 0.673. The number of hydrogen-bond donors (Lipinski definition) is 0. The highest BCUT2D eigenvalue weighted by Gasteiger charge is 2.28. The number of benzene rings is 1. The molecule has 1 aromatic rings. The third-order valence-electron chi connectivity index (χ3n) is 1.99. The number of halogens is 1. The molecule has 0 saturated carbocycles. The van der Waals surface area contributed by atoms with Gasteiger partial charge in [-0.1, -0.05) is 12.1 Å². The van der Waals surface area contributed by atoms with Gasteiger partial charge < -0.3 is 9.47 Å². The van der Waals surface area contributed by atoms with Crippen molar-refractivity contribution >= 4 is 5.97 Å². The van der Waals surface area contributed by atoms with Crippen LogP contribution in [0.1, 0.15) is 6.42 Å². The molecule has 3 nitrogen and oxygen atoms in total. The van der Waals surface area contributed by atoms with Crippen LogP contribution in [-0.2, 0) is 9.53 Å². The molecule has 2 rings (SSSR count). The SMILES string of the molecule is O=C1OCCC1Oc1ccccc1F. The fraction of sp³-hybridized carbons (Fsp3) is 0.300. The van der Waals surface area contributed by atoms with E-state index in [2.05, 4.69) is 0 Å². The number of esters is 1. The van der Waals surface area contributed by atoms with Gasteiger partial charge in [-0.05, 0) is 12.1 Å². The van der Waals surface area contributed by atoms with Crippen LogP contribution in [-0.4, -0.2) is 18.7 Å². The molecule has 1 fully saturated rings. The van der Waals surface area contributed by atoms with Gasteiger partial charge in [-0.2, -0.15) is 0 Å². The summed E-state index contributed by atoms with van der Waals surface area (Å²) in [5.41, 5.74) is 0. The second kappa shape index (κ2) is 3.65. The number of ether oxygens (including phenoxy) is 2. The third kappa shape index (κ3) is 1.69. The zero-order chi connectivity index (χ0) is 9.97. The van der Waals surface area contributed by atoms with E-state index in [0.29, 0.717) is 13.0 Å². The first-order valence-corrected chi connectivity index (χ1v) is 4.35. The van der Waals surface area contributed by atoms with Gasteiger partial charge >= 0.3 is 5.97 Å². The molecule has 74 valence electrons. The molecule has 14 heavy (non-hydrogen) atoms. The smallest absolute Gasteiger partial charge is 0.347 e. The molecule has 0 radical (unpaired) electrons. The van der Waals surface area contributed by atoms with E-state index in [0.717, 1.165) is 0 Å². The van der Waals surface area contributed by atoms with Crippen LogP contribution in [0.4, 0.5) is 4.39 Å². The van der Waals surface area contributed by atoms with Crippen molar-refractivity contribution in [1.82, 2.24) is 0 Å². The van der Waals surface area contributed by atoms with Gasteiger partial charge in [0.05, 0.1) is 6.61 Å². The molecule has 0 aromatic heterocycles. The molecule has 4 heteroatoms. The molecule has 1 heterocycles. The molecule has 1 aromatic carbocycles.